The summed E-state index contributed by atoms with van der Waals surface area (Å²) < 4.78 is 90.3. The molecule has 1 nitrogen and oxygen atoms in total. The van der Waals surface area contributed by atoms with Crippen molar-refractivity contribution < 1.29 is 35.8 Å². The minimum absolute atomic E-state index is 1.77. The minimum Gasteiger partial charge on any atom is -0.264 e. The van der Waals surface area contributed by atoms with Crippen LogP contribution in [0.2, 0.25) is 0 Å². The van der Waals surface area contributed by atoms with Gasteiger partial charge in [-0.25, -0.2) is 0 Å². The quantitative estimate of drug-likeness (QED) is 0.401. The maximum absolute atomic E-state index is 11.2. The summed E-state index contributed by atoms with van der Waals surface area (Å²) in [5.41, 5.74) is 1.77. The fourth-order valence-electron chi connectivity index (χ4n) is 0. The molecule has 0 rings (SSSR count). The maximum Gasteiger partial charge on any atom is 0.556 e. The summed E-state index contributed by atoms with van der Waals surface area (Å²) >= 11 is -11.2. The van der Waals surface area contributed by atoms with Gasteiger partial charge in [-0.1, -0.05) is 0 Å². The first kappa shape index (κ1) is 14.7. The van der Waals surface area contributed by atoms with E-state index in [0.717, 1.165) is 0 Å². The first-order chi connectivity index (χ1) is 4.45. The third-order valence-corrected chi connectivity index (χ3v) is 0. The Balaban J connectivity index is 0. The largest absolute Gasteiger partial charge is 0.556 e. The van der Waals surface area contributed by atoms with Gasteiger partial charge in [0, 0.05) is 0 Å². The predicted octanol–water partition coefficient (Wildman–Crippen LogP) is 1.89. The predicted molar refractivity (Wildman–Crippen MR) is 21.3 cm³/mol. The molecular formula is CH3F9NSb. The summed E-state index contributed by atoms with van der Waals surface area (Å²) in [7, 11) is 0. The molecule has 0 amide bonds. The van der Waals surface area contributed by atoms with Gasteiger partial charge in [0.15, 0.2) is 0 Å². The molecule has 0 aliphatic rings. The molecule has 12 heavy (non-hydrogen) atoms. The van der Waals surface area contributed by atoms with Crippen LogP contribution in [0.4, 0.5) is 30.0 Å². The Kier molecular flexibility index (Phi) is 3.14. The van der Waals surface area contributed by atoms with Gasteiger partial charge in [-0.15, -0.1) is 13.2 Å². The van der Waals surface area contributed by atoms with Crippen molar-refractivity contribution in [1.82, 2.24) is 0 Å². The van der Waals surface area contributed by atoms with E-state index in [-0.39, 0.29) is 0 Å². The average molecular weight is 322 g/mol. The third-order valence-electron chi connectivity index (χ3n) is 0. The van der Waals surface area contributed by atoms with Crippen LogP contribution in [-0.4, -0.2) is 25.8 Å². The van der Waals surface area contributed by atoms with Crippen molar-refractivity contribution in [3.63, 3.8) is 0 Å². The number of halogens is 9. The Hall–Kier alpha value is 0.148. The van der Waals surface area contributed by atoms with E-state index >= 15 is 0 Å². The topological polar surface area (TPSA) is 27.6 Å². The molecule has 0 aliphatic carbocycles. The second-order valence-electron chi connectivity index (χ2n) is 1.57. The van der Waals surface area contributed by atoms with Crippen LogP contribution in [0, 0.1) is 0 Å². The summed E-state index contributed by atoms with van der Waals surface area (Å²) in [5.74, 6) is 0. The van der Waals surface area contributed by atoms with Crippen molar-refractivity contribution in [2.45, 2.75) is 6.30 Å². The molecule has 0 saturated heterocycles. The van der Waals surface area contributed by atoms with Crippen molar-refractivity contribution in [2.24, 2.45) is 0 Å². The standard InChI is InChI=1S/CH2F3N.6FH.Sb/c2-1(3,4)5;;;;;;;/h5H2;6*1H;/q;;;;;;;+5/p-5. The van der Waals surface area contributed by atoms with E-state index in [4.69, 9.17) is 0 Å². The van der Waals surface area contributed by atoms with Gasteiger partial charge in [-0.2, -0.15) is 0 Å². The van der Waals surface area contributed by atoms with E-state index in [2.05, 4.69) is 0 Å². The van der Waals surface area contributed by atoms with Crippen LogP contribution < -0.4 is 5.73 Å². The first-order valence-electron chi connectivity index (χ1n) is 1.93. The maximum atomic E-state index is 10.2. The average Bonchev–Trinajstić information content (AvgIpc) is 1.04. The third kappa shape index (κ3) is 38700. The van der Waals surface area contributed by atoms with Crippen molar-refractivity contribution in [3.8, 4) is 0 Å². The number of rotatable bonds is 0. The molecule has 0 radical (unpaired) electrons. The van der Waals surface area contributed by atoms with Crippen molar-refractivity contribution in [1.29, 1.82) is 0 Å². The number of quaternary nitrogens is 1. The Bertz CT molecular complexity index is 125. The Morgan fingerprint density at radius 3 is 0.750 bits per heavy atom. The van der Waals surface area contributed by atoms with Crippen LogP contribution in [0.5, 0.6) is 0 Å². The number of alkyl halides is 3. The van der Waals surface area contributed by atoms with Gasteiger partial charge >= 0.3 is 42.7 Å². The van der Waals surface area contributed by atoms with Crippen LogP contribution in [0.25, 0.3) is 0 Å². The molecule has 0 aromatic rings. The molecule has 0 atom stereocenters. The number of hydrogen-bond acceptors (Lipinski definition) is 0. The molecule has 0 spiro atoms. The van der Waals surface area contributed by atoms with Crippen LogP contribution in [0.15, 0.2) is 0 Å². The van der Waals surface area contributed by atoms with Gasteiger partial charge in [-0.3, -0.25) is 5.73 Å². The van der Waals surface area contributed by atoms with Gasteiger partial charge in [0.05, 0.1) is 0 Å². The zero-order chi connectivity index (χ0) is 10.9. The smallest absolute Gasteiger partial charge is 0.264 e. The summed E-state index contributed by atoms with van der Waals surface area (Å²) in [4.78, 5) is 0. The van der Waals surface area contributed by atoms with Crippen molar-refractivity contribution in [3.05, 3.63) is 0 Å². The molecule has 0 fully saturated rings. The summed E-state index contributed by atoms with van der Waals surface area (Å²) in [5, 5.41) is 0. The van der Waals surface area contributed by atoms with Gasteiger partial charge in [0.25, 0.3) is 0 Å². The van der Waals surface area contributed by atoms with Crippen LogP contribution >= 0.6 is 0 Å². The summed E-state index contributed by atoms with van der Waals surface area (Å²) in [6, 6.07) is 0. The van der Waals surface area contributed by atoms with E-state index in [1.54, 1.807) is 5.73 Å². The Morgan fingerprint density at radius 2 is 0.750 bits per heavy atom. The minimum atomic E-state index is -11.2. The Labute approximate surface area is 62.2 Å². The van der Waals surface area contributed by atoms with Gasteiger partial charge in [0.2, 0.25) is 0 Å². The van der Waals surface area contributed by atoms with E-state index in [0.29, 0.717) is 0 Å². The fourth-order valence-corrected chi connectivity index (χ4v) is 0. The molecule has 3 N–H and O–H groups in total. The zero-order valence-electron chi connectivity index (χ0n) is 5.06. The van der Waals surface area contributed by atoms with E-state index in [1.165, 1.54) is 0 Å². The first-order valence-corrected chi connectivity index (χ1v) is 7.72. The summed E-state index contributed by atoms with van der Waals surface area (Å²) in [6.45, 7) is 0. The molecule has 0 aliphatic heterocycles. The van der Waals surface area contributed by atoms with Crippen molar-refractivity contribution >= 4 is 19.5 Å². The van der Waals surface area contributed by atoms with E-state index < -0.39 is 25.8 Å². The molecule has 0 aromatic carbocycles. The fraction of sp³-hybridized carbons (Fsp3) is 1.00. The molecule has 11 heteroatoms. The molecular weight excluding hydrogens is 319 g/mol. The monoisotopic (exact) mass is 321 g/mol. The molecule has 0 saturated carbocycles. The summed E-state index contributed by atoms with van der Waals surface area (Å²) in [6.07, 6.45) is -4.25. The normalized spacial score (nSPS) is 18.5. The van der Waals surface area contributed by atoms with Gasteiger partial charge < -0.3 is 0 Å². The molecule has 0 bridgehead atoms. The number of hydrogen-bond donors (Lipinski definition) is 1. The SMILES string of the molecule is [F][Sb-]([F])([F])([F])([F])[F].[NH3+]C(F)(F)F. The van der Waals surface area contributed by atoms with Gasteiger partial charge in [0.1, 0.15) is 0 Å². The van der Waals surface area contributed by atoms with Crippen LogP contribution in [-0.2, 0) is 0 Å². The molecule has 0 unspecified atom stereocenters. The van der Waals surface area contributed by atoms with E-state index in [9.17, 15) is 30.0 Å². The van der Waals surface area contributed by atoms with E-state index in [1.807, 2.05) is 0 Å². The second-order valence-corrected chi connectivity index (χ2v) is 7.04. The molecule has 80 valence electrons. The molecule has 0 heterocycles. The van der Waals surface area contributed by atoms with Crippen molar-refractivity contribution in [2.75, 3.05) is 0 Å². The van der Waals surface area contributed by atoms with Crippen LogP contribution in [0.1, 0.15) is 0 Å². The van der Waals surface area contributed by atoms with Crippen LogP contribution in [0.3, 0.4) is 0 Å². The molecule has 0 aromatic heterocycles. The Morgan fingerprint density at radius 1 is 0.750 bits per heavy atom. The zero-order valence-corrected chi connectivity index (χ0v) is 7.61. The van der Waals surface area contributed by atoms with Gasteiger partial charge in [-0.05, 0) is 0 Å². The second kappa shape index (κ2) is 2.57.